The second-order valence-corrected chi connectivity index (χ2v) is 7.04. The number of likely N-dealkylation sites (tertiary alicyclic amines) is 1. The highest BCUT2D eigenvalue weighted by Gasteiger charge is 2.21. The fraction of sp³-hybridized carbons (Fsp3) is 0.381. The number of benzene rings is 2. The Labute approximate surface area is 143 Å². The third-order valence-corrected chi connectivity index (χ3v) is 5.35. The maximum atomic E-state index is 4.85. The maximum Gasteiger partial charge on any atom is 0.123 e. The summed E-state index contributed by atoms with van der Waals surface area (Å²) in [6.07, 6.45) is 2.49. The molecule has 2 heterocycles. The van der Waals surface area contributed by atoms with E-state index in [1.54, 1.807) is 0 Å². The van der Waals surface area contributed by atoms with Crippen molar-refractivity contribution in [2.24, 2.45) is 7.05 Å². The zero-order valence-electron chi connectivity index (χ0n) is 14.6. The van der Waals surface area contributed by atoms with Crippen LogP contribution in [0.5, 0.6) is 0 Å². The van der Waals surface area contributed by atoms with E-state index in [1.165, 1.54) is 35.3 Å². The van der Waals surface area contributed by atoms with Gasteiger partial charge >= 0.3 is 0 Å². The summed E-state index contributed by atoms with van der Waals surface area (Å²) in [5.74, 6) is 1.89. The lowest BCUT2D eigenvalue weighted by Crippen LogP contribution is -2.33. The molecule has 0 amide bonds. The molecule has 3 nitrogen and oxygen atoms in total. The first kappa shape index (κ1) is 15.4. The zero-order valence-corrected chi connectivity index (χ0v) is 14.6. The highest BCUT2D eigenvalue weighted by atomic mass is 15.2. The van der Waals surface area contributed by atoms with Crippen LogP contribution in [0.25, 0.3) is 11.0 Å². The number of fused-ring (bicyclic) bond motifs is 1. The van der Waals surface area contributed by atoms with Crippen molar-refractivity contribution in [2.75, 3.05) is 13.1 Å². The van der Waals surface area contributed by atoms with Gasteiger partial charge in [-0.05, 0) is 62.0 Å². The molecule has 3 heteroatoms. The van der Waals surface area contributed by atoms with Crippen LogP contribution in [0.3, 0.4) is 0 Å². The fourth-order valence-corrected chi connectivity index (χ4v) is 3.84. The van der Waals surface area contributed by atoms with Crippen molar-refractivity contribution in [2.45, 2.75) is 32.2 Å². The maximum absolute atomic E-state index is 4.85. The molecule has 24 heavy (non-hydrogen) atoms. The molecule has 0 bridgehead atoms. The van der Waals surface area contributed by atoms with Gasteiger partial charge in [0.2, 0.25) is 0 Å². The average molecular weight is 319 g/mol. The molecule has 1 saturated heterocycles. The first-order valence-corrected chi connectivity index (χ1v) is 8.90. The van der Waals surface area contributed by atoms with Crippen LogP contribution in [0, 0.1) is 6.92 Å². The molecule has 0 unspecified atom stereocenters. The summed E-state index contributed by atoms with van der Waals surface area (Å²) in [4.78, 5) is 7.40. The number of piperidine rings is 1. The molecule has 1 aromatic heterocycles. The number of aromatic nitrogens is 2. The number of hydrogen-bond acceptors (Lipinski definition) is 2. The summed E-state index contributed by atoms with van der Waals surface area (Å²) in [5.41, 5.74) is 5.14. The highest BCUT2D eigenvalue weighted by molar-refractivity contribution is 5.76. The van der Waals surface area contributed by atoms with E-state index in [-0.39, 0.29) is 0 Å². The van der Waals surface area contributed by atoms with Gasteiger partial charge in [0.25, 0.3) is 0 Å². The van der Waals surface area contributed by atoms with Crippen LogP contribution in [0.4, 0.5) is 0 Å². The Balaban J connectivity index is 1.45. The molecule has 0 aliphatic carbocycles. The summed E-state index contributed by atoms with van der Waals surface area (Å²) in [7, 11) is 2.14. The molecule has 0 saturated carbocycles. The number of aryl methyl sites for hydroxylation is 2. The van der Waals surface area contributed by atoms with Crippen LogP contribution in [0.15, 0.2) is 48.5 Å². The van der Waals surface area contributed by atoms with Crippen molar-refractivity contribution < 1.29 is 0 Å². The Hall–Kier alpha value is -2.13. The molecule has 1 aliphatic heterocycles. The Bertz CT molecular complexity index is 827. The molecule has 1 aliphatic rings. The van der Waals surface area contributed by atoms with Crippen molar-refractivity contribution in [3.8, 4) is 0 Å². The summed E-state index contributed by atoms with van der Waals surface area (Å²) in [5, 5.41) is 0. The molecule has 0 atom stereocenters. The third-order valence-electron chi connectivity index (χ3n) is 5.35. The van der Waals surface area contributed by atoms with Gasteiger partial charge in [-0.2, -0.15) is 0 Å². The first-order valence-electron chi connectivity index (χ1n) is 8.90. The molecular weight excluding hydrogens is 294 g/mol. The summed E-state index contributed by atoms with van der Waals surface area (Å²) >= 11 is 0. The molecule has 0 spiro atoms. The van der Waals surface area contributed by atoms with Crippen LogP contribution >= 0.6 is 0 Å². The van der Waals surface area contributed by atoms with E-state index in [0.717, 1.165) is 25.2 Å². The second-order valence-electron chi connectivity index (χ2n) is 7.04. The van der Waals surface area contributed by atoms with Gasteiger partial charge in [-0.15, -0.1) is 0 Å². The van der Waals surface area contributed by atoms with E-state index in [0.29, 0.717) is 5.92 Å². The zero-order chi connectivity index (χ0) is 16.5. The van der Waals surface area contributed by atoms with E-state index in [2.05, 4.69) is 72.0 Å². The van der Waals surface area contributed by atoms with Gasteiger partial charge in [0.15, 0.2) is 0 Å². The van der Waals surface area contributed by atoms with Crippen molar-refractivity contribution in [3.63, 3.8) is 0 Å². The van der Waals surface area contributed by atoms with Crippen LogP contribution in [0.1, 0.15) is 35.7 Å². The predicted octanol–water partition coefficient (Wildman–Crippen LogP) is 4.26. The third kappa shape index (κ3) is 2.96. The topological polar surface area (TPSA) is 21.1 Å². The number of rotatable bonds is 3. The lowest BCUT2D eigenvalue weighted by atomic mass is 9.89. The number of hydrogen-bond donors (Lipinski definition) is 0. The minimum Gasteiger partial charge on any atom is -0.330 e. The van der Waals surface area contributed by atoms with E-state index in [1.807, 2.05) is 0 Å². The Kier molecular flexibility index (Phi) is 4.11. The van der Waals surface area contributed by atoms with Gasteiger partial charge in [0.05, 0.1) is 17.6 Å². The molecule has 3 aromatic rings. The summed E-state index contributed by atoms with van der Waals surface area (Å²) in [6, 6.07) is 17.5. The SMILES string of the molecule is Cc1ccc2nc(CN3CCC(c4ccccc4)CC3)n(C)c2c1. The normalized spacial score (nSPS) is 16.8. The van der Waals surface area contributed by atoms with Gasteiger partial charge in [-0.25, -0.2) is 4.98 Å². The number of nitrogens with zero attached hydrogens (tertiary/aromatic N) is 3. The number of imidazole rings is 1. The average Bonchev–Trinajstić information content (AvgIpc) is 2.92. The van der Waals surface area contributed by atoms with Gasteiger partial charge in [0, 0.05) is 7.05 Å². The Morgan fingerprint density at radius 3 is 2.54 bits per heavy atom. The molecule has 124 valence electrons. The van der Waals surface area contributed by atoms with Crippen LogP contribution < -0.4 is 0 Å². The molecular formula is C21H25N3. The van der Waals surface area contributed by atoms with E-state index in [9.17, 15) is 0 Å². The van der Waals surface area contributed by atoms with Crippen LogP contribution in [-0.2, 0) is 13.6 Å². The smallest absolute Gasteiger partial charge is 0.123 e. The largest absolute Gasteiger partial charge is 0.330 e. The molecule has 0 radical (unpaired) electrons. The monoisotopic (exact) mass is 319 g/mol. The predicted molar refractivity (Wildman–Crippen MR) is 99.1 cm³/mol. The quantitative estimate of drug-likeness (QED) is 0.719. The lowest BCUT2D eigenvalue weighted by Gasteiger charge is -2.31. The van der Waals surface area contributed by atoms with E-state index >= 15 is 0 Å². The first-order chi connectivity index (χ1) is 11.7. The van der Waals surface area contributed by atoms with Crippen molar-refractivity contribution in [3.05, 3.63) is 65.5 Å². The molecule has 4 rings (SSSR count). The van der Waals surface area contributed by atoms with E-state index < -0.39 is 0 Å². The molecule has 0 N–H and O–H groups in total. The van der Waals surface area contributed by atoms with Gasteiger partial charge in [0.1, 0.15) is 5.82 Å². The second kappa shape index (κ2) is 6.40. The van der Waals surface area contributed by atoms with Gasteiger partial charge in [-0.1, -0.05) is 36.4 Å². The highest BCUT2D eigenvalue weighted by Crippen LogP contribution is 2.28. The minimum atomic E-state index is 0.713. The van der Waals surface area contributed by atoms with Crippen LogP contribution in [-0.4, -0.2) is 27.5 Å². The molecule has 1 fully saturated rings. The fourth-order valence-electron chi connectivity index (χ4n) is 3.84. The van der Waals surface area contributed by atoms with Gasteiger partial charge < -0.3 is 4.57 Å². The van der Waals surface area contributed by atoms with Gasteiger partial charge in [-0.3, -0.25) is 4.90 Å². The summed E-state index contributed by atoms with van der Waals surface area (Å²) < 4.78 is 2.26. The standard InChI is InChI=1S/C21H25N3/c1-16-8-9-19-20(14-16)23(2)21(22-19)15-24-12-10-18(11-13-24)17-6-4-3-5-7-17/h3-9,14,18H,10-13,15H2,1-2H3. The molecule has 2 aromatic carbocycles. The Morgan fingerprint density at radius 1 is 1.04 bits per heavy atom. The van der Waals surface area contributed by atoms with Crippen molar-refractivity contribution in [1.82, 2.24) is 14.5 Å². The summed E-state index contributed by atoms with van der Waals surface area (Å²) in [6.45, 7) is 5.40. The minimum absolute atomic E-state index is 0.713. The lowest BCUT2D eigenvalue weighted by molar-refractivity contribution is 0.199. The van der Waals surface area contributed by atoms with Crippen molar-refractivity contribution in [1.29, 1.82) is 0 Å². The van der Waals surface area contributed by atoms with E-state index in [4.69, 9.17) is 4.98 Å². The Morgan fingerprint density at radius 2 is 1.79 bits per heavy atom. The van der Waals surface area contributed by atoms with Crippen molar-refractivity contribution >= 4 is 11.0 Å². The van der Waals surface area contributed by atoms with Crippen LogP contribution in [0.2, 0.25) is 0 Å².